The molecule has 1 fully saturated rings. The summed E-state index contributed by atoms with van der Waals surface area (Å²) in [4.78, 5) is 46.2. The smallest absolute Gasteiger partial charge is 0.549 e. The van der Waals surface area contributed by atoms with Crippen LogP contribution in [0.5, 0.6) is 0 Å². The van der Waals surface area contributed by atoms with Gasteiger partial charge >= 0.3 is 21.1 Å². The second-order valence-electron chi connectivity index (χ2n) is 13.2. The average molecular weight is 1080 g/mol. The fourth-order valence-corrected chi connectivity index (χ4v) is 6.45. The number of hydrogen-bond acceptors (Lipinski definition) is 12. The number of nitrogens with zero attached hydrogens (tertiary/aromatic N) is 8. The summed E-state index contributed by atoms with van der Waals surface area (Å²) < 4.78 is 3.90. The second-order valence-corrected chi connectivity index (χ2v) is 15.5. The Kier molecular flexibility index (Phi) is 16.2. The minimum absolute atomic E-state index is 0. The topological polar surface area (TPSA) is 192 Å². The fraction of sp³-hybridized carbons (Fsp3) is 0.333. The molecular weight excluding hydrogens is 1040 g/mol. The Morgan fingerprint density at radius 1 is 0.667 bits per heavy atom. The van der Waals surface area contributed by atoms with Crippen molar-refractivity contribution in [1.29, 1.82) is 0 Å². The first-order valence-corrected chi connectivity index (χ1v) is 19.4. The molecule has 1 aliphatic carbocycles. The first-order valence-electron chi connectivity index (χ1n) is 17.1. The molecule has 0 spiro atoms. The number of imidazole rings is 2. The summed E-state index contributed by atoms with van der Waals surface area (Å²) in [6, 6.07) is 11.4. The molecule has 0 radical (unpaired) electrons. The van der Waals surface area contributed by atoms with Crippen LogP contribution < -0.4 is 20.8 Å². The summed E-state index contributed by atoms with van der Waals surface area (Å²) >= 11 is 36.0. The Morgan fingerprint density at radius 3 is 1.33 bits per heavy atom. The molecule has 0 bridgehead atoms. The van der Waals surface area contributed by atoms with Crippen molar-refractivity contribution in [3.8, 4) is 0 Å². The van der Waals surface area contributed by atoms with Crippen LogP contribution in [0.4, 0.5) is 11.6 Å². The van der Waals surface area contributed by atoms with Crippen molar-refractivity contribution in [2.75, 3.05) is 10.6 Å². The van der Waals surface area contributed by atoms with Gasteiger partial charge in [0.1, 0.15) is 0 Å². The quantitative estimate of drug-likeness (QED) is 0.101. The van der Waals surface area contributed by atoms with Crippen molar-refractivity contribution < 1.29 is 40.9 Å². The van der Waals surface area contributed by atoms with E-state index in [0.717, 1.165) is 11.1 Å². The van der Waals surface area contributed by atoms with Gasteiger partial charge in [0.05, 0.1) is 44.7 Å². The molecule has 14 nitrogen and oxygen atoms in total. The molecule has 2 N–H and O–H groups in total. The van der Waals surface area contributed by atoms with Crippen molar-refractivity contribution in [2.24, 2.45) is 5.41 Å². The summed E-state index contributed by atoms with van der Waals surface area (Å²) in [5, 5.41) is 29.3. The number of anilines is 2. The number of halogens is 6. The van der Waals surface area contributed by atoms with Crippen LogP contribution in [0.25, 0.3) is 22.3 Å². The van der Waals surface area contributed by atoms with Gasteiger partial charge in [0.25, 0.3) is 0 Å². The van der Waals surface area contributed by atoms with Gasteiger partial charge in [0.15, 0.2) is 34.0 Å². The summed E-state index contributed by atoms with van der Waals surface area (Å²) in [5.41, 5.74) is 3.07. The van der Waals surface area contributed by atoms with Gasteiger partial charge in [-0.2, -0.15) is 19.9 Å². The van der Waals surface area contributed by atoms with Crippen molar-refractivity contribution >= 4 is 116 Å². The van der Waals surface area contributed by atoms with Crippen LogP contribution in [0.15, 0.2) is 49.1 Å². The largest absolute Gasteiger partial charge is 2.00 e. The van der Waals surface area contributed by atoms with Crippen LogP contribution in [-0.2, 0) is 43.7 Å². The van der Waals surface area contributed by atoms with E-state index in [1.54, 1.807) is 24.8 Å². The number of aliphatic carboxylic acids is 2. The van der Waals surface area contributed by atoms with Gasteiger partial charge in [-0.25, -0.2) is 9.97 Å². The molecule has 0 aliphatic heterocycles. The van der Waals surface area contributed by atoms with Crippen LogP contribution in [-0.4, -0.2) is 51.0 Å². The maximum Gasteiger partial charge on any atom is 2.00 e. The number of carboxylic acids is 2. The monoisotopic (exact) mass is 1080 g/mol. The second kappa shape index (κ2) is 20.0. The van der Waals surface area contributed by atoms with Crippen LogP contribution in [0.2, 0.25) is 30.7 Å². The normalized spacial score (nSPS) is 12.9. The molecule has 304 valence electrons. The van der Waals surface area contributed by atoms with E-state index in [9.17, 15) is 19.8 Å². The Balaban J connectivity index is 0.000000202. The van der Waals surface area contributed by atoms with Crippen molar-refractivity contribution in [3.05, 3.63) is 90.8 Å². The maximum absolute atomic E-state index is 10.2. The molecule has 0 unspecified atom stereocenters. The predicted octanol–water partition coefficient (Wildman–Crippen LogP) is 7.61. The summed E-state index contributed by atoms with van der Waals surface area (Å²) in [6.45, 7) is 9.27. The van der Waals surface area contributed by atoms with Crippen LogP contribution in [0, 0.1) is 5.41 Å². The Hall–Kier alpha value is -3.49. The molecule has 6 aromatic rings. The van der Waals surface area contributed by atoms with E-state index in [1.165, 1.54) is 0 Å². The summed E-state index contributed by atoms with van der Waals surface area (Å²) in [6.07, 6.45) is 4.41. The third-order valence-electron chi connectivity index (χ3n) is 8.78. The predicted molar refractivity (Wildman–Crippen MR) is 215 cm³/mol. The van der Waals surface area contributed by atoms with Crippen LogP contribution in [0.3, 0.4) is 0 Å². The molecule has 4 aromatic heterocycles. The van der Waals surface area contributed by atoms with Gasteiger partial charge in [-0.05, 0) is 99.1 Å². The van der Waals surface area contributed by atoms with Crippen LogP contribution in [0.1, 0.15) is 70.2 Å². The molecule has 7 rings (SSSR count). The number of rotatable bonds is 10. The number of benzene rings is 2. The first-order chi connectivity index (χ1) is 26.5. The van der Waals surface area contributed by atoms with Gasteiger partial charge in [-0.15, -0.1) is 0 Å². The first kappa shape index (κ1) is 46.2. The SMILES string of the molecule is CC(C)n1cnc2c(NCc3ccc(Cl)c(Cl)c3)nc(Cl)nc21.CC(C)n1cnc2c(NCc3ccc(Cl)c(Cl)c3)nc(Cl)nc21.O=C([O-])C1(C(=O)[O-])CCC1.[Pt+2]. The van der Waals surface area contributed by atoms with E-state index in [1.807, 2.05) is 33.4 Å². The standard InChI is InChI=1S/2C15H14Cl3N5.C6H8O4.Pt/c2*1-8(2)23-7-20-12-13(21-15(18)22-14(12)23)19-6-9-3-4-10(16)11(17)5-9;7-4(8)6(5(9)10)2-1-3-6;/h2*3-5,7-8H,6H2,1-2H3,(H,19,21,22);1-3H2,(H,7,8)(H,9,10);/q;;;+2/p-2. The zero-order chi connectivity index (χ0) is 40.9. The molecule has 57 heavy (non-hydrogen) atoms. The number of nitrogens with one attached hydrogen (secondary N) is 2. The van der Waals surface area contributed by atoms with Gasteiger partial charge in [-0.3, -0.25) is 0 Å². The number of carbonyl (C=O) groups is 2. The fourth-order valence-electron chi connectivity index (χ4n) is 5.47. The van der Waals surface area contributed by atoms with Gasteiger partial charge in [-0.1, -0.05) is 65.0 Å². The number of carbonyl (C=O) groups excluding carboxylic acids is 2. The third kappa shape index (κ3) is 11.0. The van der Waals surface area contributed by atoms with E-state index in [2.05, 4.69) is 68.2 Å². The Bertz CT molecular complexity index is 2230. The van der Waals surface area contributed by atoms with Gasteiger partial charge in [0.2, 0.25) is 10.6 Å². The van der Waals surface area contributed by atoms with E-state index in [-0.39, 0.29) is 56.6 Å². The molecule has 1 aliphatic rings. The maximum atomic E-state index is 10.2. The Morgan fingerprint density at radius 2 is 1.05 bits per heavy atom. The molecular formula is C36H34Cl6N10O4Pt. The van der Waals surface area contributed by atoms with E-state index in [0.29, 0.717) is 73.6 Å². The van der Waals surface area contributed by atoms with E-state index in [4.69, 9.17) is 69.6 Å². The summed E-state index contributed by atoms with van der Waals surface area (Å²) in [5.74, 6) is -1.85. The van der Waals surface area contributed by atoms with Gasteiger partial charge in [0, 0.05) is 30.6 Å². The summed E-state index contributed by atoms with van der Waals surface area (Å²) in [7, 11) is 0. The number of hydrogen-bond donors (Lipinski definition) is 2. The number of fused-ring (bicyclic) bond motifs is 2. The van der Waals surface area contributed by atoms with E-state index >= 15 is 0 Å². The van der Waals surface area contributed by atoms with Crippen molar-refractivity contribution in [1.82, 2.24) is 39.0 Å². The molecule has 0 atom stereocenters. The molecule has 0 amide bonds. The third-order valence-corrected chi connectivity index (χ3v) is 10.6. The average Bonchev–Trinajstić information content (AvgIpc) is 3.74. The van der Waals surface area contributed by atoms with Crippen molar-refractivity contribution in [2.45, 2.75) is 72.1 Å². The van der Waals surface area contributed by atoms with Crippen LogP contribution >= 0.6 is 69.6 Å². The Labute approximate surface area is 371 Å². The molecule has 4 heterocycles. The minimum atomic E-state index is -1.67. The molecule has 1 saturated carbocycles. The van der Waals surface area contributed by atoms with Gasteiger partial charge < -0.3 is 39.6 Å². The molecule has 21 heteroatoms. The number of carboxylic acid groups (broad SMARTS) is 2. The number of aromatic nitrogens is 8. The zero-order valence-corrected chi connectivity index (χ0v) is 37.4. The minimum Gasteiger partial charge on any atom is -0.549 e. The van der Waals surface area contributed by atoms with E-state index < -0.39 is 17.4 Å². The van der Waals surface area contributed by atoms with Crippen molar-refractivity contribution in [3.63, 3.8) is 0 Å². The molecule has 0 saturated heterocycles. The molecule has 2 aromatic carbocycles. The zero-order valence-electron chi connectivity index (χ0n) is 30.6.